The summed E-state index contributed by atoms with van der Waals surface area (Å²) in [7, 11) is 0. The van der Waals surface area contributed by atoms with Crippen LogP contribution in [0.25, 0.3) is 11.2 Å². The lowest BCUT2D eigenvalue weighted by Gasteiger charge is -2.13. The van der Waals surface area contributed by atoms with E-state index in [1.165, 1.54) is 0 Å². The van der Waals surface area contributed by atoms with Crippen LogP contribution in [-0.4, -0.2) is 27.7 Å². The molecule has 0 saturated carbocycles. The summed E-state index contributed by atoms with van der Waals surface area (Å²) in [5, 5.41) is -0.114. The lowest BCUT2D eigenvalue weighted by Crippen LogP contribution is -2.14. The molecule has 2 atom stereocenters. The number of alkyl halides is 1. The summed E-state index contributed by atoms with van der Waals surface area (Å²) < 4.78 is 7.61. The van der Waals surface area contributed by atoms with Gasteiger partial charge < -0.3 is 9.30 Å². The van der Waals surface area contributed by atoms with E-state index in [2.05, 4.69) is 20.6 Å². The number of hydrogen-bond acceptors (Lipinski definition) is 3. The van der Waals surface area contributed by atoms with Gasteiger partial charge in [0, 0.05) is 25.3 Å². The topological polar surface area (TPSA) is 39.9 Å². The SMILES string of the molecule is Cc1cnc2c(c1)nc(C(C)Cl)n2CC1CCOC1. The lowest BCUT2D eigenvalue weighted by atomic mass is 10.1. The Labute approximate surface area is 117 Å². The zero-order valence-electron chi connectivity index (χ0n) is 11.3. The Bertz CT molecular complexity index is 588. The molecule has 0 bridgehead atoms. The number of pyridine rings is 1. The average molecular weight is 280 g/mol. The van der Waals surface area contributed by atoms with Crippen molar-refractivity contribution in [1.29, 1.82) is 0 Å². The second-order valence-electron chi connectivity index (χ2n) is 5.28. The molecular formula is C14H18ClN3O. The van der Waals surface area contributed by atoms with Crippen LogP contribution in [0.4, 0.5) is 0 Å². The van der Waals surface area contributed by atoms with Crippen molar-refractivity contribution in [2.24, 2.45) is 5.92 Å². The van der Waals surface area contributed by atoms with E-state index in [1.54, 1.807) is 0 Å². The van der Waals surface area contributed by atoms with Crippen LogP contribution >= 0.6 is 11.6 Å². The molecule has 102 valence electrons. The summed E-state index contributed by atoms with van der Waals surface area (Å²) in [6.07, 6.45) is 2.98. The van der Waals surface area contributed by atoms with E-state index in [0.717, 1.165) is 48.7 Å². The molecule has 3 rings (SSSR count). The maximum atomic E-state index is 6.26. The number of aryl methyl sites for hydroxylation is 1. The highest BCUT2D eigenvalue weighted by atomic mass is 35.5. The number of aromatic nitrogens is 3. The highest BCUT2D eigenvalue weighted by Crippen LogP contribution is 2.26. The zero-order valence-corrected chi connectivity index (χ0v) is 12.0. The predicted molar refractivity (Wildman–Crippen MR) is 75.5 cm³/mol. The van der Waals surface area contributed by atoms with Gasteiger partial charge in [0.2, 0.25) is 0 Å². The largest absolute Gasteiger partial charge is 0.381 e. The van der Waals surface area contributed by atoms with Gasteiger partial charge in [-0.1, -0.05) is 0 Å². The molecule has 0 amide bonds. The Balaban J connectivity index is 2.05. The first-order valence-electron chi connectivity index (χ1n) is 6.69. The molecule has 19 heavy (non-hydrogen) atoms. The van der Waals surface area contributed by atoms with Gasteiger partial charge in [0.05, 0.1) is 12.0 Å². The second kappa shape index (κ2) is 5.10. The van der Waals surface area contributed by atoms with Crippen molar-refractivity contribution >= 4 is 22.8 Å². The quantitative estimate of drug-likeness (QED) is 0.811. The van der Waals surface area contributed by atoms with E-state index < -0.39 is 0 Å². The van der Waals surface area contributed by atoms with Gasteiger partial charge in [-0.25, -0.2) is 9.97 Å². The van der Waals surface area contributed by atoms with Gasteiger partial charge in [0.15, 0.2) is 5.65 Å². The molecule has 0 N–H and O–H groups in total. The van der Waals surface area contributed by atoms with Crippen molar-refractivity contribution < 1.29 is 4.74 Å². The number of fused-ring (bicyclic) bond motifs is 1. The lowest BCUT2D eigenvalue weighted by molar-refractivity contribution is 0.182. The molecule has 3 heterocycles. The Kier molecular flexibility index (Phi) is 3.46. The fourth-order valence-electron chi connectivity index (χ4n) is 2.60. The van der Waals surface area contributed by atoms with Crippen molar-refractivity contribution in [3.05, 3.63) is 23.7 Å². The standard InChI is InChI=1S/C14H18ClN3O/c1-9-5-12-14(16-6-9)18(13(17-12)10(2)15)7-11-3-4-19-8-11/h5-6,10-11H,3-4,7-8H2,1-2H3. The number of nitrogens with zero attached hydrogens (tertiary/aromatic N) is 3. The van der Waals surface area contributed by atoms with Gasteiger partial charge in [-0.05, 0) is 31.9 Å². The van der Waals surface area contributed by atoms with Gasteiger partial charge in [0.1, 0.15) is 11.3 Å². The average Bonchev–Trinajstić information content (AvgIpc) is 2.97. The highest BCUT2D eigenvalue weighted by Gasteiger charge is 2.22. The summed E-state index contributed by atoms with van der Waals surface area (Å²) in [6.45, 7) is 6.55. The summed E-state index contributed by atoms with van der Waals surface area (Å²) in [5.74, 6) is 1.44. The minimum absolute atomic E-state index is 0.114. The third-order valence-corrected chi connectivity index (χ3v) is 3.77. The summed E-state index contributed by atoms with van der Waals surface area (Å²) in [6, 6.07) is 2.06. The summed E-state index contributed by atoms with van der Waals surface area (Å²) >= 11 is 6.26. The second-order valence-corrected chi connectivity index (χ2v) is 5.94. The van der Waals surface area contributed by atoms with Gasteiger partial charge in [-0.3, -0.25) is 0 Å². The van der Waals surface area contributed by atoms with Crippen molar-refractivity contribution in [2.75, 3.05) is 13.2 Å². The summed E-state index contributed by atoms with van der Waals surface area (Å²) in [4.78, 5) is 9.17. The molecule has 0 aromatic carbocycles. The van der Waals surface area contributed by atoms with Crippen molar-refractivity contribution in [3.8, 4) is 0 Å². The van der Waals surface area contributed by atoms with Gasteiger partial charge >= 0.3 is 0 Å². The van der Waals surface area contributed by atoms with E-state index in [0.29, 0.717) is 5.92 Å². The van der Waals surface area contributed by atoms with Crippen LogP contribution in [0.3, 0.4) is 0 Å². The van der Waals surface area contributed by atoms with E-state index >= 15 is 0 Å². The minimum Gasteiger partial charge on any atom is -0.381 e. The van der Waals surface area contributed by atoms with Crippen LogP contribution in [0.1, 0.15) is 30.1 Å². The first-order chi connectivity index (χ1) is 9.15. The zero-order chi connectivity index (χ0) is 13.4. The smallest absolute Gasteiger partial charge is 0.160 e. The molecule has 2 unspecified atom stereocenters. The van der Waals surface area contributed by atoms with Crippen molar-refractivity contribution in [3.63, 3.8) is 0 Å². The molecule has 0 aliphatic carbocycles. The fourth-order valence-corrected chi connectivity index (χ4v) is 2.76. The Morgan fingerprint density at radius 3 is 3.11 bits per heavy atom. The first-order valence-corrected chi connectivity index (χ1v) is 7.13. The highest BCUT2D eigenvalue weighted by molar-refractivity contribution is 6.20. The van der Waals surface area contributed by atoms with Crippen molar-refractivity contribution in [2.45, 2.75) is 32.2 Å². The van der Waals surface area contributed by atoms with Crippen molar-refractivity contribution in [1.82, 2.24) is 14.5 Å². The molecule has 5 heteroatoms. The van der Waals surface area contributed by atoms with Crippen LogP contribution in [0.15, 0.2) is 12.3 Å². The summed E-state index contributed by atoms with van der Waals surface area (Å²) in [5.41, 5.74) is 2.98. The maximum absolute atomic E-state index is 6.26. The van der Waals surface area contributed by atoms with Crippen LogP contribution in [0.2, 0.25) is 0 Å². The Hall–Kier alpha value is -1.13. The van der Waals surface area contributed by atoms with E-state index in [1.807, 2.05) is 20.0 Å². The molecule has 1 aliphatic rings. The number of hydrogen-bond donors (Lipinski definition) is 0. The van der Waals surface area contributed by atoms with E-state index in [-0.39, 0.29) is 5.38 Å². The van der Waals surface area contributed by atoms with Crippen LogP contribution in [-0.2, 0) is 11.3 Å². The first kappa shape index (κ1) is 12.9. The molecule has 1 aliphatic heterocycles. The molecule has 0 radical (unpaired) electrons. The molecular weight excluding hydrogens is 262 g/mol. The van der Waals surface area contributed by atoms with Gasteiger partial charge in [-0.15, -0.1) is 11.6 Å². The normalized spacial score (nSPS) is 21.1. The predicted octanol–water partition coefficient (Wildman–Crippen LogP) is 3.08. The molecule has 0 spiro atoms. The number of rotatable bonds is 3. The van der Waals surface area contributed by atoms with Crippen LogP contribution in [0.5, 0.6) is 0 Å². The number of imidazole rings is 1. The maximum Gasteiger partial charge on any atom is 0.160 e. The van der Waals surface area contributed by atoms with Gasteiger partial charge in [-0.2, -0.15) is 0 Å². The molecule has 2 aromatic rings. The van der Waals surface area contributed by atoms with E-state index in [4.69, 9.17) is 16.3 Å². The van der Waals surface area contributed by atoms with E-state index in [9.17, 15) is 0 Å². The fraction of sp³-hybridized carbons (Fsp3) is 0.571. The van der Waals surface area contributed by atoms with Crippen LogP contribution in [0, 0.1) is 12.8 Å². The Morgan fingerprint density at radius 2 is 2.42 bits per heavy atom. The van der Waals surface area contributed by atoms with Crippen LogP contribution < -0.4 is 0 Å². The number of halogens is 1. The third-order valence-electron chi connectivity index (χ3n) is 3.57. The minimum atomic E-state index is -0.114. The van der Waals surface area contributed by atoms with Gasteiger partial charge in [0.25, 0.3) is 0 Å². The molecule has 1 fully saturated rings. The Morgan fingerprint density at radius 1 is 1.58 bits per heavy atom. The molecule has 4 nitrogen and oxygen atoms in total. The third kappa shape index (κ3) is 2.47. The monoisotopic (exact) mass is 279 g/mol. The molecule has 1 saturated heterocycles. The molecule has 2 aromatic heterocycles. The number of ether oxygens (including phenoxy) is 1.